The van der Waals surface area contributed by atoms with E-state index < -0.39 is 11.8 Å². The van der Waals surface area contributed by atoms with Gasteiger partial charge in [-0.1, -0.05) is 52.3 Å². The first-order chi connectivity index (χ1) is 11.5. The van der Waals surface area contributed by atoms with Crippen LogP contribution in [0.25, 0.3) is 6.08 Å². The molecule has 0 aliphatic carbocycles. The van der Waals surface area contributed by atoms with Gasteiger partial charge in [-0.05, 0) is 42.3 Å². The second-order valence-corrected chi connectivity index (χ2v) is 5.87. The van der Waals surface area contributed by atoms with E-state index in [-0.39, 0.29) is 0 Å². The highest BCUT2D eigenvalue weighted by atomic mass is 79.9. The molecule has 24 heavy (non-hydrogen) atoms. The summed E-state index contributed by atoms with van der Waals surface area (Å²) in [6.07, 6.45) is 3.40. The van der Waals surface area contributed by atoms with E-state index in [1.807, 2.05) is 43.3 Å². The van der Waals surface area contributed by atoms with Crippen LogP contribution in [0, 0.1) is 0 Å². The molecular weight excluding hydrogens is 370 g/mol. The summed E-state index contributed by atoms with van der Waals surface area (Å²) >= 11 is 3.30. The Balaban J connectivity index is 1.86. The number of carbonyl (C=O) groups is 2. The lowest BCUT2D eigenvalue weighted by Gasteiger charge is -2.03. The van der Waals surface area contributed by atoms with Crippen molar-refractivity contribution in [2.24, 2.45) is 5.10 Å². The van der Waals surface area contributed by atoms with Crippen LogP contribution < -0.4 is 10.7 Å². The van der Waals surface area contributed by atoms with Gasteiger partial charge in [0, 0.05) is 10.2 Å². The minimum absolute atomic E-state index is 0.530. The van der Waals surface area contributed by atoms with Crippen LogP contribution in [0.4, 0.5) is 5.69 Å². The van der Waals surface area contributed by atoms with E-state index in [2.05, 4.69) is 31.8 Å². The molecule has 0 aromatic heterocycles. The van der Waals surface area contributed by atoms with E-state index in [1.165, 1.54) is 6.21 Å². The highest BCUT2D eigenvalue weighted by Gasteiger charge is 2.12. The minimum atomic E-state index is -0.832. The number of anilines is 1. The fourth-order valence-electron chi connectivity index (χ4n) is 1.81. The molecule has 0 saturated carbocycles. The van der Waals surface area contributed by atoms with Crippen molar-refractivity contribution < 1.29 is 9.59 Å². The average molecular weight is 386 g/mol. The molecule has 0 heterocycles. The van der Waals surface area contributed by atoms with E-state index in [9.17, 15) is 9.59 Å². The van der Waals surface area contributed by atoms with Gasteiger partial charge in [-0.3, -0.25) is 9.59 Å². The zero-order valence-corrected chi connectivity index (χ0v) is 14.6. The molecule has 2 aromatic carbocycles. The summed E-state index contributed by atoms with van der Waals surface area (Å²) in [7, 11) is 0. The molecule has 2 rings (SSSR count). The van der Waals surface area contributed by atoms with Crippen LogP contribution in [0.3, 0.4) is 0 Å². The molecule has 0 saturated heterocycles. The van der Waals surface area contributed by atoms with Crippen LogP contribution in [0.5, 0.6) is 0 Å². The fourth-order valence-corrected chi connectivity index (χ4v) is 2.08. The summed E-state index contributed by atoms with van der Waals surface area (Å²) in [6.45, 7) is 1.85. The zero-order chi connectivity index (χ0) is 17.4. The molecule has 2 aromatic rings. The molecule has 0 unspecified atom stereocenters. The van der Waals surface area contributed by atoms with Gasteiger partial charge in [0.25, 0.3) is 0 Å². The van der Waals surface area contributed by atoms with Gasteiger partial charge < -0.3 is 5.32 Å². The second-order valence-electron chi connectivity index (χ2n) is 4.96. The Morgan fingerprint density at radius 1 is 1.00 bits per heavy atom. The molecule has 2 N–H and O–H groups in total. The van der Waals surface area contributed by atoms with Crippen molar-refractivity contribution in [3.8, 4) is 0 Å². The number of nitrogens with one attached hydrogen (secondary N) is 2. The molecule has 0 bridgehead atoms. The number of amides is 2. The Labute approximate surface area is 148 Å². The number of hydrogen-bond acceptors (Lipinski definition) is 3. The smallest absolute Gasteiger partial charge is 0.318 e. The Morgan fingerprint density at radius 3 is 2.33 bits per heavy atom. The van der Waals surface area contributed by atoms with Gasteiger partial charge >= 0.3 is 11.8 Å². The Morgan fingerprint density at radius 2 is 1.67 bits per heavy atom. The van der Waals surface area contributed by atoms with Crippen LogP contribution in [0.2, 0.25) is 0 Å². The van der Waals surface area contributed by atoms with Gasteiger partial charge in [0.2, 0.25) is 0 Å². The van der Waals surface area contributed by atoms with E-state index in [1.54, 1.807) is 24.3 Å². The highest BCUT2D eigenvalue weighted by Crippen LogP contribution is 2.13. The molecule has 2 amide bonds. The van der Waals surface area contributed by atoms with E-state index in [0.717, 1.165) is 15.6 Å². The topological polar surface area (TPSA) is 70.6 Å². The summed E-state index contributed by atoms with van der Waals surface area (Å²) in [5.74, 6) is -1.61. The van der Waals surface area contributed by atoms with Gasteiger partial charge in [-0.15, -0.1) is 0 Å². The number of allylic oxidation sites excluding steroid dienone is 1. The Kier molecular flexibility index (Phi) is 6.45. The van der Waals surface area contributed by atoms with Gasteiger partial charge in [-0.25, -0.2) is 5.43 Å². The molecule has 0 radical (unpaired) electrons. The van der Waals surface area contributed by atoms with Crippen molar-refractivity contribution >= 4 is 45.7 Å². The molecule has 0 spiro atoms. The predicted octanol–water partition coefficient (Wildman–Crippen LogP) is 3.59. The molecule has 5 nitrogen and oxygen atoms in total. The van der Waals surface area contributed by atoms with Crippen molar-refractivity contribution in [1.82, 2.24) is 5.43 Å². The second kappa shape index (κ2) is 8.79. The number of hydrogen-bond donors (Lipinski definition) is 2. The molecule has 6 heteroatoms. The molecule has 0 fully saturated rings. The monoisotopic (exact) mass is 385 g/mol. The van der Waals surface area contributed by atoms with E-state index >= 15 is 0 Å². The first-order valence-electron chi connectivity index (χ1n) is 7.18. The van der Waals surface area contributed by atoms with Crippen LogP contribution in [0.1, 0.15) is 12.5 Å². The fraction of sp³-hybridized carbons (Fsp3) is 0.0556. The number of nitrogens with zero attached hydrogens (tertiary/aromatic N) is 1. The summed E-state index contributed by atoms with van der Waals surface area (Å²) in [5.41, 5.74) is 4.60. The first-order valence-corrected chi connectivity index (χ1v) is 7.97. The number of halogens is 1. The average Bonchev–Trinajstić information content (AvgIpc) is 2.57. The lowest BCUT2D eigenvalue weighted by molar-refractivity contribution is -0.136. The number of hydrazone groups is 1. The van der Waals surface area contributed by atoms with Crippen molar-refractivity contribution in [3.05, 3.63) is 70.2 Å². The Bertz CT molecular complexity index is 769. The number of rotatable bonds is 4. The quantitative estimate of drug-likeness (QED) is 0.479. The third-order valence-corrected chi connectivity index (χ3v) is 3.47. The van der Waals surface area contributed by atoms with Crippen LogP contribution in [-0.2, 0) is 9.59 Å². The molecule has 0 aliphatic rings. The predicted molar refractivity (Wildman–Crippen MR) is 99.5 cm³/mol. The van der Waals surface area contributed by atoms with Gasteiger partial charge in [0.05, 0.1) is 6.21 Å². The Hall–Kier alpha value is -2.73. The SMILES string of the molecule is CC(/C=N\NC(=O)C(=O)Nc1ccc(Br)cc1)=C/c1ccccc1. The summed E-state index contributed by atoms with van der Waals surface area (Å²) in [5, 5.41) is 6.27. The van der Waals surface area contributed by atoms with Crippen LogP contribution >= 0.6 is 15.9 Å². The maximum atomic E-state index is 11.7. The summed E-state index contributed by atoms with van der Waals surface area (Å²) in [4.78, 5) is 23.4. The van der Waals surface area contributed by atoms with Gasteiger partial charge in [0.15, 0.2) is 0 Å². The minimum Gasteiger partial charge on any atom is -0.318 e. The molecular formula is C18H16BrN3O2. The van der Waals surface area contributed by atoms with E-state index in [0.29, 0.717) is 5.69 Å². The molecule has 0 atom stereocenters. The zero-order valence-electron chi connectivity index (χ0n) is 13.0. The third kappa shape index (κ3) is 5.81. The molecule has 122 valence electrons. The lowest BCUT2D eigenvalue weighted by Crippen LogP contribution is -2.32. The standard InChI is InChI=1S/C18H16BrN3O2/c1-13(11-14-5-3-2-4-6-14)12-20-22-18(24)17(23)21-16-9-7-15(19)8-10-16/h2-12H,1H3,(H,21,23)(H,22,24)/b13-11-,20-12-. The highest BCUT2D eigenvalue weighted by molar-refractivity contribution is 9.10. The lowest BCUT2D eigenvalue weighted by atomic mass is 10.1. The number of carbonyl (C=O) groups excluding carboxylic acids is 2. The summed E-state index contributed by atoms with van der Waals surface area (Å²) in [6, 6.07) is 16.6. The third-order valence-electron chi connectivity index (χ3n) is 2.94. The first kappa shape index (κ1) is 17.6. The van der Waals surface area contributed by atoms with Crippen molar-refractivity contribution in [1.29, 1.82) is 0 Å². The van der Waals surface area contributed by atoms with Crippen molar-refractivity contribution in [2.45, 2.75) is 6.92 Å². The van der Waals surface area contributed by atoms with Crippen LogP contribution in [-0.4, -0.2) is 18.0 Å². The van der Waals surface area contributed by atoms with Crippen LogP contribution in [0.15, 0.2) is 69.7 Å². The van der Waals surface area contributed by atoms with Gasteiger partial charge in [-0.2, -0.15) is 5.10 Å². The van der Waals surface area contributed by atoms with Crippen molar-refractivity contribution in [2.75, 3.05) is 5.32 Å². The van der Waals surface area contributed by atoms with E-state index in [4.69, 9.17) is 0 Å². The van der Waals surface area contributed by atoms with Gasteiger partial charge in [0.1, 0.15) is 0 Å². The normalized spacial score (nSPS) is 11.3. The maximum Gasteiger partial charge on any atom is 0.329 e. The summed E-state index contributed by atoms with van der Waals surface area (Å²) < 4.78 is 0.884. The largest absolute Gasteiger partial charge is 0.329 e. The maximum absolute atomic E-state index is 11.7. The van der Waals surface area contributed by atoms with Crippen molar-refractivity contribution in [3.63, 3.8) is 0 Å². The molecule has 0 aliphatic heterocycles. The number of benzene rings is 2.